The van der Waals surface area contributed by atoms with Gasteiger partial charge in [-0.3, -0.25) is 0 Å². The largest absolute Gasteiger partial charge is 0.378 e. The molecular weight excluding hydrogens is 180 g/mol. The quantitative estimate of drug-likeness (QED) is 0.611. The molecule has 1 nitrogen and oxygen atoms in total. The first-order chi connectivity index (χ1) is 4.43. The second-order valence-electron chi connectivity index (χ2n) is 2.47. The molecule has 0 aromatic rings. The van der Waals surface area contributed by atoms with Crippen molar-refractivity contribution < 1.29 is 4.74 Å². The first-order valence-corrected chi connectivity index (χ1v) is 4.73. The first-order valence-electron chi connectivity index (χ1n) is 3.61. The van der Waals surface area contributed by atoms with E-state index in [2.05, 4.69) is 15.9 Å². The second-order valence-corrected chi connectivity index (χ2v) is 3.26. The maximum absolute atomic E-state index is 5.49. The highest BCUT2D eigenvalue weighted by Gasteiger charge is 2.11. The van der Waals surface area contributed by atoms with E-state index in [0.29, 0.717) is 6.10 Å². The number of hydrogen-bond acceptors (Lipinski definition) is 1. The lowest BCUT2D eigenvalue weighted by atomic mass is 10.1. The van der Waals surface area contributed by atoms with Gasteiger partial charge in [0.1, 0.15) is 0 Å². The third-order valence-corrected chi connectivity index (χ3v) is 2.16. The lowest BCUT2D eigenvalue weighted by Gasteiger charge is -2.21. The van der Waals surface area contributed by atoms with Gasteiger partial charge in [0.2, 0.25) is 0 Å². The van der Waals surface area contributed by atoms with Gasteiger partial charge in [-0.15, -0.1) is 0 Å². The Balaban J connectivity index is 2.08. The molecular formula is C7H13BrO. The summed E-state index contributed by atoms with van der Waals surface area (Å²) >= 11 is 3.40. The van der Waals surface area contributed by atoms with E-state index in [1.54, 1.807) is 0 Å². The molecule has 54 valence electrons. The molecule has 0 amide bonds. The van der Waals surface area contributed by atoms with E-state index < -0.39 is 0 Å². The number of hydrogen-bond donors (Lipinski definition) is 0. The molecule has 1 aliphatic heterocycles. The predicted molar refractivity (Wildman–Crippen MR) is 42.0 cm³/mol. The average Bonchev–Trinajstić information content (AvgIpc) is 1.91. The molecule has 1 aliphatic rings. The summed E-state index contributed by atoms with van der Waals surface area (Å²) in [6.07, 6.45) is 5.63. The SMILES string of the molecule is BrCCC1CCCCO1. The van der Waals surface area contributed by atoms with Gasteiger partial charge >= 0.3 is 0 Å². The fourth-order valence-corrected chi connectivity index (χ4v) is 1.67. The molecule has 0 N–H and O–H groups in total. The van der Waals surface area contributed by atoms with Crippen molar-refractivity contribution >= 4 is 15.9 Å². The zero-order chi connectivity index (χ0) is 6.53. The molecule has 0 bridgehead atoms. The van der Waals surface area contributed by atoms with Gasteiger partial charge in [0.05, 0.1) is 6.10 Å². The maximum Gasteiger partial charge on any atom is 0.0583 e. The zero-order valence-corrected chi connectivity index (χ0v) is 7.19. The fourth-order valence-electron chi connectivity index (χ4n) is 1.16. The summed E-state index contributed by atoms with van der Waals surface area (Å²) in [4.78, 5) is 0. The summed E-state index contributed by atoms with van der Waals surface area (Å²) in [7, 11) is 0. The molecule has 1 atom stereocenters. The van der Waals surface area contributed by atoms with E-state index in [0.717, 1.165) is 11.9 Å². The molecule has 0 radical (unpaired) electrons. The second kappa shape index (κ2) is 4.29. The molecule has 1 unspecified atom stereocenters. The summed E-state index contributed by atoms with van der Waals surface area (Å²) in [5, 5.41) is 1.08. The van der Waals surface area contributed by atoms with Gasteiger partial charge in [0.25, 0.3) is 0 Å². The molecule has 9 heavy (non-hydrogen) atoms. The average molecular weight is 193 g/mol. The molecule has 2 heteroatoms. The van der Waals surface area contributed by atoms with Gasteiger partial charge < -0.3 is 4.74 Å². The highest BCUT2D eigenvalue weighted by atomic mass is 79.9. The van der Waals surface area contributed by atoms with Crippen molar-refractivity contribution in [2.45, 2.75) is 31.8 Å². The Morgan fingerprint density at radius 2 is 2.33 bits per heavy atom. The van der Waals surface area contributed by atoms with Crippen LogP contribution in [0.1, 0.15) is 25.7 Å². The van der Waals surface area contributed by atoms with E-state index in [4.69, 9.17) is 4.74 Å². The van der Waals surface area contributed by atoms with Crippen molar-refractivity contribution in [2.75, 3.05) is 11.9 Å². The molecule has 0 aromatic heterocycles. The number of rotatable bonds is 2. The molecule has 1 fully saturated rings. The molecule has 0 spiro atoms. The molecule has 1 heterocycles. The monoisotopic (exact) mass is 192 g/mol. The first kappa shape index (κ1) is 7.55. The van der Waals surface area contributed by atoms with Gasteiger partial charge in [-0.05, 0) is 25.7 Å². The van der Waals surface area contributed by atoms with Gasteiger partial charge in [-0.1, -0.05) is 15.9 Å². The minimum absolute atomic E-state index is 0.554. The highest BCUT2D eigenvalue weighted by molar-refractivity contribution is 9.09. The number of halogens is 1. The van der Waals surface area contributed by atoms with Crippen LogP contribution in [0.3, 0.4) is 0 Å². The molecule has 0 aliphatic carbocycles. The van der Waals surface area contributed by atoms with Crippen molar-refractivity contribution in [1.29, 1.82) is 0 Å². The van der Waals surface area contributed by atoms with Crippen LogP contribution in [-0.4, -0.2) is 18.0 Å². The fraction of sp³-hybridized carbons (Fsp3) is 1.00. The Morgan fingerprint density at radius 1 is 1.44 bits per heavy atom. The van der Waals surface area contributed by atoms with E-state index in [1.165, 1.54) is 25.7 Å². The normalized spacial score (nSPS) is 28.3. The van der Waals surface area contributed by atoms with Crippen molar-refractivity contribution in [2.24, 2.45) is 0 Å². The minimum Gasteiger partial charge on any atom is -0.378 e. The third-order valence-electron chi connectivity index (χ3n) is 1.71. The Hall–Kier alpha value is 0.440. The summed E-state index contributed by atoms with van der Waals surface area (Å²) < 4.78 is 5.49. The molecule has 0 saturated carbocycles. The lowest BCUT2D eigenvalue weighted by molar-refractivity contribution is 0.0151. The predicted octanol–water partition coefficient (Wildman–Crippen LogP) is 2.34. The van der Waals surface area contributed by atoms with E-state index in [1.807, 2.05) is 0 Å². The summed E-state index contributed by atoms with van der Waals surface area (Å²) in [5.74, 6) is 0. The third kappa shape index (κ3) is 2.67. The van der Waals surface area contributed by atoms with E-state index in [-0.39, 0.29) is 0 Å². The van der Waals surface area contributed by atoms with Crippen molar-refractivity contribution in [3.63, 3.8) is 0 Å². The summed E-state index contributed by atoms with van der Waals surface area (Å²) in [5.41, 5.74) is 0. The van der Waals surface area contributed by atoms with E-state index in [9.17, 15) is 0 Å². The number of ether oxygens (including phenoxy) is 1. The lowest BCUT2D eigenvalue weighted by Crippen LogP contribution is -2.18. The van der Waals surface area contributed by atoms with E-state index >= 15 is 0 Å². The van der Waals surface area contributed by atoms with Crippen LogP contribution < -0.4 is 0 Å². The van der Waals surface area contributed by atoms with Crippen LogP contribution >= 0.6 is 15.9 Å². The van der Waals surface area contributed by atoms with Crippen LogP contribution in [0.25, 0.3) is 0 Å². The van der Waals surface area contributed by atoms with Gasteiger partial charge in [0, 0.05) is 11.9 Å². The Morgan fingerprint density at radius 3 is 2.89 bits per heavy atom. The van der Waals surface area contributed by atoms with Gasteiger partial charge in [-0.25, -0.2) is 0 Å². The van der Waals surface area contributed by atoms with Crippen LogP contribution in [0, 0.1) is 0 Å². The Kier molecular flexibility index (Phi) is 3.59. The van der Waals surface area contributed by atoms with Gasteiger partial charge in [-0.2, -0.15) is 0 Å². The maximum atomic E-state index is 5.49. The topological polar surface area (TPSA) is 9.23 Å². The van der Waals surface area contributed by atoms with Crippen LogP contribution in [-0.2, 0) is 4.74 Å². The molecule has 0 aromatic carbocycles. The molecule has 1 saturated heterocycles. The number of alkyl halides is 1. The van der Waals surface area contributed by atoms with Crippen molar-refractivity contribution in [1.82, 2.24) is 0 Å². The van der Waals surface area contributed by atoms with Gasteiger partial charge in [0.15, 0.2) is 0 Å². The Bertz CT molecular complexity index is 66.6. The Labute approximate surface area is 64.9 Å². The smallest absolute Gasteiger partial charge is 0.0583 e. The summed E-state index contributed by atoms with van der Waals surface area (Å²) in [6.45, 7) is 0.984. The standard InChI is InChI=1S/C7H13BrO/c8-5-4-7-3-1-2-6-9-7/h7H,1-6H2. The van der Waals surface area contributed by atoms with Crippen LogP contribution in [0.2, 0.25) is 0 Å². The van der Waals surface area contributed by atoms with Crippen LogP contribution in [0.4, 0.5) is 0 Å². The van der Waals surface area contributed by atoms with Crippen LogP contribution in [0.5, 0.6) is 0 Å². The van der Waals surface area contributed by atoms with Crippen LogP contribution in [0.15, 0.2) is 0 Å². The summed E-state index contributed by atoms with van der Waals surface area (Å²) in [6, 6.07) is 0. The minimum atomic E-state index is 0.554. The zero-order valence-electron chi connectivity index (χ0n) is 5.61. The van der Waals surface area contributed by atoms with Crippen molar-refractivity contribution in [3.05, 3.63) is 0 Å². The molecule has 1 rings (SSSR count). The van der Waals surface area contributed by atoms with Crippen molar-refractivity contribution in [3.8, 4) is 0 Å². The highest BCUT2D eigenvalue weighted by Crippen LogP contribution is 2.15.